The summed E-state index contributed by atoms with van der Waals surface area (Å²) in [5.74, 6) is 1.95. The number of rotatable bonds is 7. The highest BCUT2D eigenvalue weighted by Gasteiger charge is 2.37. The second kappa shape index (κ2) is 7.69. The number of hydrogen-bond acceptors (Lipinski definition) is 2. The lowest BCUT2D eigenvalue weighted by atomic mass is 9.90. The lowest BCUT2D eigenvalue weighted by molar-refractivity contribution is 0.399. The number of benzene rings is 1. The highest BCUT2D eigenvalue weighted by Crippen LogP contribution is 2.41. The van der Waals surface area contributed by atoms with Crippen LogP contribution < -0.4 is 5.32 Å². The van der Waals surface area contributed by atoms with Gasteiger partial charge in [-0.25, -0.2) is 0 Å². The van der Waals surface area contributed by atoms with Gasteiger partial charge in [0.2, 0.25) is 0 Å². The van der Waals surface area contributed by atoms with E-state index in [1.165, 1.54) is 36.1 Å². The first-order valence-electron chi connectivity index (χ1n) is 8.51. The fourth-order valence-corrected chi connectivity index (χ4v) is 4.58. The van der Waals surface area contributed by atoms with E-state index in [2.05, 4.69) is 69.0 Å². The van der Waals surface area contributed by atoms with Gasteiger partial charge in [-0.05, 0) is 61.9 Å². The Balaban J connectivity index is 2.07. The summed E-state index contributed by atoms with van der Waals surface area (Å²) in [6.07, 6.45) is 5.09. The summed E-state index contributed by atoms with van der Waals surface area (Å²) in [6, 6.07) is 9.87. The molecule has 0 aromatic heterocycles. The van der Waals surface area contributed by atoms with Crippen molar-refractivity contribution in [2.75, 3.05) is 12.3 Å². The molecule has 1 saturated heterocycles. The van der Waals surface area contributed by atoms with Crippen molar-refractivity contribution in [3.8, 4) is 0 Å². The van der Waals surface area contributed by atoms with E-state index in [1.54, 1.807) is 0 Å². The van der Waals surface area contributed by atoms with E-state index >= 15 is 0 Å². The summed E-state index contributed by atoms with van der Waals surface area (Å²) in [7, 11) is 0. The molecule has 2 atom stereocenters. The van der Waals surface area contributed by atoms with Crippen molar-refractivity contribution in [1.82, 2.24) is 5.32 Å². The lowest BCUT2D eigenvalue weighted by Gasteiger charge is -2.34. The first-order chi connectivity index (χ1) is 10.0. The zero-order chi connectivity index (χ0) is 15.3. The minimum atomic E-state index is 0.409. The van der Waals surface area contributed by atoms with Gasteiger partial charge in [-0.15, -0.1) is 0 Å². The van der Waals surface area contributed by atoms with E-state index in [1.807, 2.05) is 0 Å². The Morgan fingerprint density at radius 1 is 1.24 bits per heavy atom. The van der Waals surface area contributed by atoms with Gasteiger partial charge in [-0.3, -0.25) is 0 Å². The van der Waals surface area contributed by atoms with Crippen LogP contribution in [-0.2, 0) is 6.42 Å². The van der Waals surface area contributed by atoms with Crippen LogP contribution in [0.5, 0.6) is 0 Å². The Kier molecular flexibility index (Phi) is 6.19. The Morgan fingerprint density at radius 2 is 1.95 bits per heavy atom. The molecule has 0 radical (unpaired) electrons. The van der Waals surface area contributed by atoms with Crippen molar-refractivity contribution in [2.45, 2.75) is 70.1 Å². The van der Waals surface area contributed by atoms with E-state index in [4.69, 9.17) is 0 Å². The molecule has 0 aliphatic carbocycles. The van der Waals surface area contributed by atoms with Crippen molar-refractivity contribution >= 4 is 11.8 Å². The molecule has 1 nitrogen and oxygen atoms in total. The van der Waals surface area contributed by atoms with Gasteiger partial charge in [0.1, 0.15) is 0 Å². The minimum Gasteiger partial charge on any atom is -0.312 e. The second-order valence-electron chi connectivity index (χ2n) is 6.87. The molecule has 2 rings (SSSR count). The maximum atomic E-state index is 3.82. The normalized spacial score (nSPS) is 23.7. The fraction of sp³-hybridized carbons (Fsp3) is 0.684. The third-order valence-electron chi connectivity index (χ3n) is 4.71. The maximum absolute atomic E-state index is 3.82. The van der Waals surface area contributed by atoms with E-state index in [0.29, 0.717) is 16.7 Å². The molecule has 0 amide bonds. The van der Waals surface area contributed by atoms with Gasteiger partial charge in [0.05, 0.1) is 0 Å². The summed E-state index contributed by atoms with van der Waals surface area (Å²) < 4.78 is 0.409. The Hall–Kier alpha value is -0.470. The van der Waals surface area contributed by atoms with Crippen LogP contribution in [0.3, 0.4) is 0 Å². The summed E-state index contributed by atoms with van der Waals surface area (Å²) >= 11 is 2.17. The van der Waals surface area contributed by atoms with Crippen LogP contribution >= 0.6 is 11.8 Å². The Bertz CT molecular complexity index is 418. The van der Waals surface area contributed by atoms with Gasteiger partial charge < -0.3 is 5.32 Å². The molecule has 1 aliphatic rings. The van der Waals surface area contributed by atoms with E-state index in [0.717, 1.165) is 13.0 Å². The summed E-state index contributed by atoms with van der Waals surface area (Å²) in [5, 5.41) is 3.82. The SMILES string of the molecule is CCCNC(Cc1ccc(C(C)C)cc1)C1(C)CCCS1. The molecular formula is C19H31NS. The topological polar surface area (TPSA) is 12.0 Å². The average molecular weight is 306 g/mol. The van der Waals surface area contributed by atoms with Crippen LogP contribution in [0.15, 0.2) is 24.3 Å². The van der Waals surface area contributed by atoms with Crippen molar-refractivity contribution in [2.24, 2.45) is 0 Å². The highest BCUT2D eigenvalue weighted by molar-refractivity contribution is 8.00. The van der Waals surface area contributed by atoms with Crippen molar-refractivity contribution in [3.05, 3.63) is 35.4 Å². The van der Waals surface area contributed by atoms with Gasteiger partial charge in [0.15, 0.2) is 0 Å². The molecule has 0 spiro atoms. The molecule has 0 saturated carbocycles. The van der Waals surface area contributed by atoms with Crippen LogP contribution in [0.25, 0.3) is 0 Å². The second-order valence-corrected chi connectivity index (χ2v) is 8.50. The highest BCUT2D eigenvalue weighted by atomic mass is 32.2. The van der Waals surface area contributed by atoms with E-state index in [9.17, 15) is 0 Å². The Morgan fingerprint density at radius 3 is 2.48 bits per heavy atom. The molecule has 2 heteroatoms. The number of nitrogens with one attached hydrogen (secondary N) is 1. The summed E-state index contributed by atoms with van der Waals surface area (Å²) in [5.41, 5.74) is 2.92. The zero-order valence-electron chi connectivity index (χ0n) is 14.1. The van der Waals surface area contributed by atoms with Gasteiger partial charge in [0, 0.05) is 10.8 Å². The van der Waals surface area contributed by atoms with Gasteiger partial charge >= 0.3 is 0 Å². The van der Waals surface area contributed by atoms with Crippen LogP contribution in [0, 0.1) is 0 Å². The molecule has 1 fully saturated rings. The number of hydrogen-bond donors (Lipinski definition) is 1. The monoisotopic (exact) mass is 305 g/mol. The van der Waals surface area contributed by atoms with Crippen molar-refractivity contribution in [1.29, 1.82) is 0 Å². The van der Waals surface area contributed by atoms with Crippen LogP contribution in [0.2, 0.25) is 0 Å². The fourth-order valence-electron chi connectivity index (χ4n) is 3.17. The smallest absolute Gasteiger partial charge is 0.0288 e. The van der Waals surface area contributed by atoms with E-state index < -0.39 is 0 Å². The summed E-state index contributed by atoms with van der Waals surface area (Å²) in [4.78, 5) is 0. The standard InChI is InChI=1S/C19H31NS/c1-5-12-20-18(19(4)11-6-13-21-19)14-16-7-9-17(10-8-16)15(2)3/h7-10,15,18,20H,5-6,11-14H2,1-4H3. The predicted molar refractivity (Wildman–Crippen MR) is 96.4 cm³/mol. The van der Waals surface area contributed by atoms with Gasteiger partial charge in [-0.2, -0.15) is 11.8 Å². The summed E-state index contributed by atoms with van der Waals surface area (Å²) in [6.45, 7) is 10.4. The molecule has 21 heavy (non-hydrogen) atoms. The Labute approximate surface area is 135 Å². The van der Waals surface area contributed by atoms with Crippen molar-refractivity contribution < 1.29 is 0 Å². The zero-order valence-corrected chi connectivity index (χ0v) is 14.9. The molecular weight excluding hydrogens is 274 g/mol. The molecule has 1 N–H and O–H groups in total. The third kappa shape index (κ3) is 4.50. The maximum Gasteiger partial charge on any atom is 0.0288 e. The molecule has 1 aliphatic heterocycles. The number of thioether (sulfide) groups is 1. The lowest BCUT2D eigenvalue weighted by Crippen LogP contribution is -2.47. The van der Waals surface area contributed by atoms with Gasteiger partial charge in [-0.1, -0.05) is 45.0 Å². The average Bonchev–Trinajstić information content (AvgIpc) is 2.92. The molecule has 2 unspecified atom stereocenters. The first kappa shape index (κ1) is 16.9. The van der Waals surface area contributed by atoms with Crippen LogP contribution in [0.1, 0.15) is 64.0 Å². The van der Waals surface area contributed by atoms with Crippen LogP contribution in [0.4, 0.5) is 0 Å². The quantitative estimate of drug-likeness (QED) is 0.760. The molecule has 1 aromatic rings. The molecule has 1 aromatic carbocycles. The van der Waals surface area contributed by atoms with Crippen molar-refractivity contribution in [3.63, 3.8) is 0 Å². The minimum absolute atomic E-state index is 0.409. The molecule has 0 bridgehead atoms. The molecule has 1 heterocycles. The predicted octanol–water partition coefficient (Wildman–Crippen LogP) is 5.01. The van der Waals surface area contributed by atoms with Crippen LogP contribution in [-0.4, -0.2) is 23.1 Å². The van der Waals surface area contributed by atoms with Gasteiger partial charge in [0.25, 0.3) is 0 Å². The first-order valence-corrected chi connectivity index (χ1v) is 9.50. The largest absolute Gasteiger partial charge is 0.312 e. The molecule has 118 valence electrons. The van der Waals surface area contributed by atoms with E-state index in [-0.39, 0.29) is 0 Å². The third-order valence-corrected chi connectivity index (χ3v) is 6.35.